The average Bonchev–Trinajstić information content (AvgIpc) is 3.16. The summed E-state index contributed by atoms with van der Waals surface area (Å²) in [6.07, 6.45) is 0. The Morgan fingerprint density at radius 1 is 1.29 bits per heavy atom. The minimum atomic E-state index is -0.223. The molecule has 0 amide bonds. The Bertz CT molecular complexity index is 876. The highest BCUT2D eigenvalue weighted by atomic mass is 32.1. The van der Waals surface area contributed by atoms with Gasteiger partial charge in [-0.1, -0.05) is 6.07 Å². The van der Waals surface area contributed by atoms with Crippen molar-refractivity contribution in [2.45, 2.75) is 0 Å². The number of benzene rings is 1. The van der Waals surface area contributed by atoms with E-state index >= 15 is 0 Å². The molecule has 0 aliphatic rings. The predicted molar refractivity (Wildman–Crippen MR) is 81.7 cm³/mol. The van der Waals surface area contributed by atoms with Crippen molar-refractivity contribution in [3.05, 3.63) is 35.7 Å². The molecule has 3 aromatic rings. The Morgan fingerprint density at radius 2 is 2.14 bits per heavy atom. The monoisotopic (exact) mass is 292 g/mol. The molecule has 0 bridgehead atoms. The highest BCUT2D eigenvalue weighted by Crippen LogP contribution is 2.25. The Labute approximate surface area is 124 Å². The zero-order chi connectivity index (χ0) is 14.7. The van der Waals surface area contributed by atoms with Crippen LogP contribution in [0.4, 0.5) is 5.69 Å². The van der Waals surface area contributed by atoms with Crippen molar-refractivity contribution in [1.29, 1.82) is 10.5 Å². The van der Waals surface area contributed by atoms with E-state index in [-0.39, 0.29) is 5.71 Å². The van der Waals surface area contributed by atoms with Crippen LogP contribution in [0.5, 0.6) is 0 Å². The first kappa shape index (κ1) is 12.9. The van der Waals surface area contributed by atoms with E-state index in [0.29, 0.717) is 5.69 Å². The summed E-state index contributed by atoms with van der Waals surface area (Å²) in [5.74, 6) is 0.815. The van der Waals surface area contributed by atoms with Crippen LogP contribution in [-0.4, -0.2) is 15.7 Å². The van der Waals surface area contributed by atoms with Crippen molar-refractivity contribution < 1.29 is 0 Å². The molecule has 2 N–H and O–H groups in total. The van der Waals surface area contributed by atoms with Gasteiger partial charge in [-0.2, -0.15) is 15.6 Å². The van der Waals surface area contributed by atoms with Gasteiger partial charge in [0.1, 0.15) is 18.0 Å². The molecule has 0 fully saturated rings. The lowest BCUT2D eigenvalue weighted by molar-refractivity contribution is 1.34. The van der Waals surface area contributed by atoms with Crippen LogP contribution in [0.2, 0.25) is 0 Å². The van der Waals surface area contributed by atoms with Crippen molar-refractivity contribution in [2.24, 2.45) is 5.10 Å². The fourth-order valence-corrected chi connectivity index (χ4v) is 2.47. The first-order valence-corrected chi connectivity index (χ1v) is 6.85. The lowest BCUT2D eigenvalue weighted by atomic mass is 10.3. The summed E-state index contributed by atoms with van der Waals surface area (Å²) in [7, 11) is 0. The molecular weight excluding hydrogens is 284 g/mol. The second-order valence-corrected chi connectivity index (χ2v) is 5.04. The molecule has 0 aliphatic heterocycles. The first-order valence-electron chi connectivity index (χ1n) is 5.97. The standard InChI is InChI=1S/C14H8N6S/c15-7-10(8-16)20-19-9-3-4-11-12(6-9)18-14(17-11)13-2-1-5-21-13/h1-6,19H,(H,17,18). The van der Waals surface area contributed by atoms with Gasteiger partial charge in [0, 0.05) is 0 Å². The van der Waals surface area contributed by atoms with Gasteiger partial charge in [0.25, 0.3) is 0 Å². The Balaban J connectivity index is 1.93. The Hall–Kier alpha value is -3.16. The van der Waals surface area contributed by atoms with Gasteiger partial charge in [-0.25, -0.2) is 4.98 Å². The van der Waals surface area contributed by atoms with Crippen LogP contribution in [0.1, 0.15) is 0 Å². The molecule has 100 valence electrons. The molecule has 21 heavy (non-hydrogen) atoms. The number of H-pyrrole nitrogens is 1. The molecule has 0 saturated carbocycles. The zero-order valence-electron chi connectivity index (χ0n) is 10.7. The summed E-state index contributed by atoms with van der Waals surface area (Å²) in [5, 5.41) is 23.0. The number of aromatic nitrogens is 2. The highest BCUT2D eigenvalue weighted by Gasteiger charge is 2.06. The van der Waals surface area contributed by atoms with Gasteiger partial charge in [0.05, 0.1) is 21.6 Å². The number of anilines is 1. The van der Waals surface area contributed by atoms with Gasteiger partial charge in [0.15, 0.2) is 0 Å². The lowest BCUT2D eigenvalue weighted by Crippen LogP contribution is -1.96. The van der Waals surface area contributed by atoms with Crippen LogP contribution in [0.25, 0.3) is 21.7 Å². The molecule has 0 unspecified atom stereocenters. The van der Waals surface area contributed by atoms with Gasteiger partial charge in [-0.05, 0) is 29.6 Å². The van der Waals surface area contributed by atoms with Gasteiger partial charge in [-0.3, -0.25) is 5.43 Å². The summed E-state index contributed by atoms with van der Waals surface area (Å²) in [6, 6.07) is 12.8. The summed E-state index contributed by atoms with van der Waals surface area (Å²) in [6.45, 7) is 0. The normalized spacial score (nSPS) is 9.81. The number of hydrazone groups is 1. The molecule has 0 spiro atoms. The van der Waals surface area contributed by atoms with E-state index in [1.807, 2.05) is 29.6 Å². The fraction of sp³-hybridized carbons (Fsp3) is 0. The molecule has 2 heterocycles. The Kier molecular flexibility index (Phi) is 3.34. The van der Waals surface area contributed by atoms with Crippen molar-refractivity contribution in [3.63, 3.8) is 0 Å². The first-order chi connectivity index (χ1) is 10.3. The number of thiophene rings is 1. The van der Waals surface area contributed by atoms with E-state index in [9.17, 15) is 0 Å². The summed E-state index contributed by atoms with van der Waals surface area (Å²) >= 11 is 1.61. The van der Waals surface area contributed by atoms with Gasteiger partial charge in [-0.15, -0.1) is 11.3 Å². The average molecular weight is 292 g/mol. The lowest BCUT2D eigenvalue weighted by Gasteiger charge is -1.98. The second-order valence-electron chi connectivity index (χ2n) is 4.09. The number of rotatable bonds is 3. The molecule has 0 saturated heterocycles. The third-order valence-corrected chi connectivity index (χ3v) is 3.62. The number of hydrogen-bond donors (Lipinski definition) is 2. The molecule has 0 atom stereocenters. The van der Waals surface area contributed by atoms with Crippen molar-refractivity contribution >= 4 is 33.8 Å². The van der Waals surface area contributed by atoms with Gasteiger partial charge < -0.3 is 4.98 Å². The van der Waals surface area contributed by atoms with Crippen LogP contribution in [0, 0.1) is 22.7 Å². The molecule has 7 heteroatoms. The van der Waals surface area contributed by atoms with E-state index in [0.717, 1.165) is 21.7 Å². The largest absolute Gasteiger partial charge is 0.337 e. The Morgan fingerprint density at radius 3 is 2.86 bits per heavy atom. The van der Waals surface area contributed by atoms with Crippen LogP contribution < -0.4 is 5.43 Å². The maximum absolute atomic E-state index is 8.63. The van der Waals surface area contributed by atoms with Crippen LogP contribution in [0.15, 0.2) is 40.8 Å². The number of fused-ring (bicyclic) bond motifs is 1. The van der Waals surface area contributed by atoms with Crippen LogP contribution >= 0.6 is 11.3 Å². The smallest absolute Gasteiger partial charge is 0.237 e. The third-order valence-electron chi connectivity index (χ3n) is 2.75. The molecule has 3 rings (SSSR count). The number of hydrogen-bond acceptors (Lipinski definition) is 6. The maximum atomic E-state index is 8.63. The number of aromatic amines is 1. The number of nitrogens with one attached hydrogen (secondary N) is 2. The third kappa shape index (κ3) is 2.59. The van der Waals surface area contributed by atoms with E-state index in [4.69, 9.17) is 10.5 Å². The van der Waals surface area contributed by atoms with Crippen LogP contribution in [-0.2, 0) is 0 Å². The molecule has 6 nitrogen and oxygen atoms in total. The predicted octanol–water partition coefficient (Wildman–Crippen LogP) is 3.11. The molecule has 0 aliphatic carbocycles. The van der Waals surface area contributed by atoms with E-state index < -0.39 is 0 Å². The number of imidazole rings is 1. The van der Waals surface area contributed by atoms with E-state index in [2.05, 4.69) is 20.5 Å². The highest BCUT2D eigenvalue weighted by molar-refractivity contribution is 7.13. The SMILES string of the molecule is N#CC(C#N)=NNc1ccc2nc(-c3cccs3)[nH]c2c1. The molecule has 2 aromatic heterocycles. The van der Waals surface area contributed by atoms with Crippen molar-refractivity contribution in [3.8, 4) is 22.8 Å². The van der Waals surface area contributed by atoms with Crippen molar-refractivity contribution in [2.75, 3.05) is 5.43 Å². The summed E-state index contributed by atoms with van der Waals surface area (Å²) in [4.78, 5) is 8.81. The summed E-state index contributed by atoms with van der Waals surface area (Å²) < 4.78 is 0. The maximum Gasteiger partial charge on any atom is 0.237 e. The van der Waals surface area contributed by atoms with Gasteiger partial charge in [0.2, 0.25) is 5.71 Å². The fourth-order valence-electron chi connectivity index (χ4n) is 1.80. The molecular formula is C14H8N6S. The molecule has 1 aromatic carbocycles. The van der Waals surface area contributed by atoms with Gasteiger partial charge >= 0.3 is 0 Å². The van der Waals surface area contributed by atoms with Crippen molar-refractivity contribution in [1.82, 2.24) is 9.97 Å². The quantitative estimate of drug-likeness (QED) is 0.572. The minimum absolute atomic E-state index is 0.223. The number of nitriles is 2. The topological polar surface area (TPSA) is 101 Å². The summed E-state index contributed by atoms with van der Waals surface area (Å²) in [5.41, 5.74) is 4.83. The zero-order valence-corrected chi connectivity index (χ0v) is 11.5. The minimum Gasteiger partial charge on any atom is -0.337 e. The van der Waals surface area contributed by atoms with E-state index in [1.54, 1.807) is 29.5 Å². The van der Waals surface area contributed by atoms with Crippen LogP contribution in [0.3, 0.4) is 0 Å². The van der Waals surface area contributed by atoms with E-state index in [1.165, 1.54) is 0 Å². The second kappa shape index (κ2) is 5.45. The number of nitrogens with zero attached hydrogens (tertiary/aromatic N) is 4. The molecule has 0 radical (unpaired) electrons.